The predicted octanol–water partition coefficient (Wildman–Crippen LogP) is 2.55. The zero-order chi connectivity index (χ0) is 13.2. The monoisotopic (exact) mass is 290 g/mol. The van der Waals surface area contributed by atoms with Crippen LogP contribution in [0.1, 0.15) is 18.4 Å². The van der Waals surface area contributed by atoms with E-state index in [0.29, 0.717) is 29.6 Å². The van der Waals surface area contributed by atoms with Gasteiger partial charge in [-0.1, -0.05) is 12.1 Å². The van der Waals surface area contributed by atoms with Gasteiger partial charge in [-0.2, -0.15) is 0 Å². The molecule has 0 unspecified atom stereocenters. The van der Waals surface area contributed by atoms with Crippen molar-refractivity contribution in [3.8, 4) is 11.5 Å². The van der Waals surface area contributed by atoms with Crippen LogP contribution in [0.5, 0.6) is 11.5 Å². The molecule has 1 saturated carbocycles. The summed E-state index contributed by atoms with van der Waals surface area (Å²) in [5.41, 5.74) is 0.532. The molecular formula is C12H15ClO4S. The highest BCUT2D eigenvalue weighted by molar-refractivity contribution is 8.13. The molecule has 4 nitrogen and oxygen atoms in total. The molecule has 1 fully saturated rings. The summed E-state index contributed by atoms with van der Waals surface area (Å²) >= 11 is 0. The number of halogens is 1. The topological polar surface area (TPSA) is 52.6 Å². The lowest BCUT2D eigenvalue weighted by molar-refractivity contribution is 0.278. The van der Waals surface area contributed by atoms with Gasteiger partial charge in [0.05, 0.1) is 19.5 Å². The second kappa shape index (κ2) is 5.36. The van der Waals surface area contributed by atoms with E-state index in [9.17, 15) is 8.42 Å². The zero-order valence-corrected chi connectivity index (χ0v) is 11.6. The SMILES string of the molecule is COc1cccc(CS(=O)(=O)Cl)c1OCC1CC1. The maximum absolute atomic E-state index is 11.2. The third-order valence-corrected chi connectivity index (χ3v) is 3.75. The van der Waals surface area contributed by atoms with E-state index in [-0.39, 0.29) is 5.75 Å². The number of para-hydroxylation sites is 1. The van der Waals surface area contributed by atoms with Gasteiger partial charge < -0.3 is 9.47 Å². The lowest BCUT2D eigenvalue weighted by atomic mass is 10.2. The van der Waals surface area contributed by atoms with Gasteiger partial charge in [-0.3, -0.25) is 0 Å². The van der Waals surface area contributed by atoms with E-state index >= 15 is 0 Å². The van der Waals surface area contributed by atoms with Crippen LogP contribution in [0.25, 0.3) is 0 Å². The first-order valence-electron chi connectivity index (χ1n) is 5.70. The van der Waals surface area contributed by atoms with Gasteiger partial charge >= 0.3 is 0 Å². The summed E-state index contributed by atoms with van der Waals surface area (Å²) in [5, 5.41) is 0. The number of ether oxygens (including phenoxy) is 2. The Kier molecular flexibility index (Phi) is 4.02. The van der Waals surface area contributed by atoms with E-state index in [4.69, 9.17) is 20.2 Å². The van der Waals surface area contributed by atoms with Crippen molar-refractivity contribution in [3.63, 3.8) is 0 Å². The van der Waals surface area contributed by atoms with Crippen molar-refractivity contribution >= 4 is 19.7 Å². The van der Waals surface area contributed by atoms with E-state index < -0.39 is 9.05 Å². The summed E-state index contributed by atoms with van der Waals surface area (Å²) in [6, 6.07) is 5.15. The van der Waals surface area contributed by atoms with E-state index in [1.807, 2.05) is 0 Å². The van der Waals surface area contributed by atoms with Crippen LogP contribution in [-0.4, -0.2) is 22.1 Å². The van der Waals surface area contributed by atoms with Gasteiger partial charge in [-0.15, -0.1) is 0 Å². The molecule has 6 heteroatoms. The molecule has 18 heavy (non-hydrogen) atoms. The molecule has 0 aromatic heterocycles. The van der Waals surface area contributed by atoms with Crippen LogP contribution >= 0.6 is 10.7 Å². The van der Waals surface area contributed by atoms with E-state index in [2.05, 4.69) is 0 Å². The summed E-state index contributed by atoms with van der Waals surface area (Å²) in [7, 11) is 3.20. The number of methoxy groups -OCH3 is 1. The summed E-state index contributed by atoms with van der Waals surface area (Å²) in [5.74, 6) is 1.34. The Labute approximate surface area is 111 Å². The second-order valence-electron chi connectivity index (χ2n) is 4.39. The van der Waals surface area contributed by atoms with Gasteiger partial charge in [0.2, 0.25) is 9.05 Å². The highest BCUT2D eigenvalue weighted by Gasteiger charge is 2.24. The first kappa shape index (κ1) is 13.5. The van der Waals surface area contributed by atoms with Gasteiger partial charge in [0, 0.05) is 16.2 Å². The van der Waals surface area contributed by atoms with Crippen molar-refractivity contribution in [2.24, 2.45) is 5.92 Å². The van der Waals surface area contributed by atoms with Crippen LogP contribution in [0.2, 0.25) is 0 Å². The average Bonchev–Trinajstić information content (AvgIpc) is 3.08. The molecule has 100 valence electrons. The molecule has 0 amide bonds. The highest BCUT2D eigenvalue weighted by atomic mass is 35.7. The molecule has 0 bridgehead atoms. The maximum atomic E-state index is 11.2. The van der Waals surface area contributed by atoms with E-state index in [0.717, 1.165) is 12.8 Å². The van der Waals surface area contributed by atoms with Crippen LogP contribution in [0, 0.1) is 5.92 Å². The fourth-order valence-corrected chi connectivity index (χ4v) is 2.62. The maximum Gasteiger partial charge on any atom is 0.236 e. The van der Waals surface area contributed by atoms with Crippen molar-refractivity contribution < 1.29 is 17.9 Å². The van der Waals surface area contributed by atoms with Crippen LogP contribution < -0.4 is 9.47 Å². The quantitative estimate of drug-likeness (QED) is 0.756. The van der Waals surface area contributed by atoms with Crippen LogP contribution in [0.3, 0.4) is 0 Å². The van der Waals surface area contributed by atoms with Crippen molar-refractivity contribution in [2.75, 3.05) is 13.7 Å². The number of hydrogen-bond donors (Lipinski definition) is 0. The van der Waals surface area contributed by atoms with Crippen LogP contribution in [0.4, 0.5) is 0 Å². The molecule has 0 atom stereocenters. The summed E-state index contributed by atoms with van der Waals surface area (Å²) in [6.45, 7) is 0.593. The van der Waals surface area contributed by atoms with Gasteiger partial charge in [0.15, 0.2) is 11.5 Å². The molecule has 1 aromatic rings. The van der Waals surface area contributed by atoms with Crippen molar-refractivity contribution in [2.45, 2.75) is 18.6 Å². The molecule has 1 aliphatic rings. The summed E-state index contributed by atoms with van der Waals surface area (Å²) in [6.07, 6.45) is 2.33. The average molecular weight is 291 g/mol. The minimum atomic E-state index is -3.61. The highest BCUT2D eigenvalue weighted by Crippen LogP contribution is 2.36. The molecule has 0 aliphatic heterocycles. The standard InChI is InChI=1S/C12H15ClO4S/c1-16-11-4-2-3-10(8-18(13,14)15)12(11)17-7-9-5-6-9/h2-4,9H,5-8H2,1H3. The minimum Gasteiger partial charge on any atom is -0.493 e. The molecule has 0 N–H and O–H groups in total. The molecule has 0 spiro atoms. The van der Waals surface area contributed by atoms with E-state index in [1.165, 1.54) is 7.11 Å². The smallest absolute Gasteiger partial charge is 0.236 e. The zero-order valence-electron chi connectivity index (χ0n) is 10.1. The van der Waals surface area contributed by atoms with Crippen LogP contribution in [-0.2, 0) is 14.8 Å². The summed E-state index contributed by atoms with van der Waals surface area (Å²) < 4.78 is 33.2. The largest absolute Gasteiger partial charge is 0.493 e. The molecule has 1 aromatic carbocycles. The predicted molar refractivity (Wildman–Crippen MR) is 69.7 cm³/mol. The first-order valence-corrected chi connectivity index (χ1v) is 8.18. The Hall–Kier alpha value is -0.940. The third kappa shape index (κ3) is 3.78. The third-order valence-electron chi connectivity index (χ3n) is 2.77. The van der Waals surface area contributed by atoms with Gasteiger partial charge in [0.25, 0.3) is 0 Å². The Morgan fingerprint density at radius 2 is 2.11 bits per heavy atom. The molecule has 0 heterocycles. The molecule has 0 radical (unpaired) electrons. The number of benzene rings is 1. The Bertz CT molecular complexity index is 523. The molecular weight excluding hydrogens is 276 g/mol. The van der Waals surface area contributed by atoms with Crippen molar-refractivity contribution in [3.05, 3.63) is 23.8 Å². The Balaban J connectivity index is 2.24. The van der Waals surface area contributed by atoms with Crippen molar-refractivity contribution in [1.82, 2.24) is 0 Å². The lowest BCUT2D eigenvalue weighted by Crippen LogP contribution is -2.05. The molecule has 2 rings (SSSR count). The molecule has 0 saturated heterocycles. The Morgan fingerprint density at radius 1 is 1.39 bits per heavy atom. The van der Waals surface area contributed by atoms with E-state index in [1.54, 1.807) is 18.2 Å². The summed E-state index contributed by atoms with van der Waals surface area (Å²) in [4.78, 5) is 0. The lowest BCUT2D eigenvalue weighted by Gasteiger charge is -2.14. The van der Waals surface area contributed by atoms with Gasteiger partial charge in [-0.05, 0) is 24.8 Å². The normalized spacial score (nSPS) is 15.4. The number of rotatable bonds is 6. The van der Waals surface area contributed by atoms with Crippen molar-refractivity contribution in [1.29, 1.82) is 0 Å². The molecule has 1 aliphatic carbocycles. The fourth-order valence-electron chi connectivity index (χ4n) is 1.67. The van der Waals surface area contributed by atoms with Gasteiger partial charge in [0.1, 0.15) is 0 Å². The minimum absolute atomic E-state index is 0.258. The second-order valence-corrected chi connectivity index (χ2v) is 7.16. The Morgan fingerprint density at radius 3 is 2.67 bits per heavy atom. The van der Waals surface area contributed by atoms with Gasteiger partial charge in [-0.25, -0.2) is 8.42 Å². The first-order chi connectivity index (χ1) is 8.49. The van der Waals surface area contributed by atoms with Crippen LogP contribution in [0.15, 0.2) is 18.2 Å². The fraction of sp³-hybridized carbons (Fsp3) is 0.500. The number of hydrogen-bond acceptors (Lipinski definition) is 4.